The van der Waals surface area contributed by atoms with E-state index in [9.17, 15) is 0 Å². The van der Waals surface area contributed by atoms with Gasteiger partial charge in [0.2, 0.25) is 0 Å². The molecule has 0 rings (SSSR count). The molecule has 0 saturated heterocycles. The van der Waals surface area contributed by atoms with E-state index in [-0.39, 0.29) is 0 Å². The smallest absolute Gasteiger partial charge is 0.151 e. The minimum atomic E-state index is 0.895. The maximum atomic E-state index is 5.83. The summed E-state index contributed by atoms with van der Waals surface area (Å²) >= 11 is 6.83. The van der Waals surface area contributed by atoms with Crippen LogP contribution in [0, 0.1) is 0 Å². The van der Waals surface area contributed by atoms with Crippen LogP contribution in [0.4, 0.5) is 0 Å². The highest BCUT2D eigenvalue weighted by atomic mass is 32.2. The average molecular weight is 613 g/mol. The molecule has 0 radical (unpaired) electrons. The lowest BCUT2D eigenvalue weighted by Crippen LogP contribution is -2.30. The van der Waals surface area contributed by atoms with Crippen LogP contribution < -0.4 is 5.14 Å². The van der Waals surface area contributed by atoms with Crippen molar-refractivity contribution in [3.05, 3.63) is 0 Å². The van der Waals surface area contributed by atoms with Crippen molar-refractivity contribution < 1.29 is 0 Å². The molecule has 0 saturated carbocycles. The summed E-state index contributed by atoms with van der Waals surface area (Å²) in [5.74, 6) is 0. The van der Waals surface area contributed by atoms with E-state index in [2.05, 4.69) is 18.7 Å². The van der Waals surface area contributed by atoms with Crippen LogP contribution in [0.5, 0.6) is 0 Å². The Kier molecular flexibility index (Phi) is 36.6. The molecule has 2 nitrogen and oxygen atoms in total. The largest absolute Gasteiger partial charge is 0.357 e. The monoisotopic (exact) mass is 613 g/mol. The molecule has 0 fully saturated rings. The second kappa shape index (κ2) is 36.4. The molecule has 4 heteroatoms. The fourth-order valence-corrected chi connectivity index (χ4v) is 6.58. The first-order valence-electron chi connectivity index (χ1n) is 18.9. The summed E-state index contributed by atoms with van der Waals surface area (Å²) in [6.45, 7) is 6.80. The number of hydrogen-bond acceptors (Lipinski definition) is 3. The number of rotatable bonds is 34. The summed E-state index contributed by atoms with van der Waals surface area (Å²) in [7, 11) is 0. The second-order valence-corrected chi connectivity index (χ2v) is 14.2. The van der Waals surface area contributed by atoms with E-state index in [0.29, 0.717) is 0 Å². The van der Waals surface area contributed by atoms with Gasteiger partial charge in [0.1, 0.15) is 0 Å². The van der Waals surface area contributed by atoms with Gasteiger partial charge in [-0.15, -0.1) is 0 Å². The maximum Gasteiger partial charge on any atom is 0.151 e. The number of nitrogens with two attached hydrogens (primary N) is 1. The van der Waals surface area contributed by atoms with Gasteiger partial charge in [-0.25, -0.2) is 0 Å². The SMILES string of the molecule is CCCCCCCCCCCCCCCCCCN(CCCCCCCCCCCCCCCCCC)C(=S)SN. The first-order valence-corrected chi connectivity index (χ1v) is 20.2. The predicted octanol–water partition coefficient (Wildman–Crippen LogP) is 13.7. The molecular weight excluding hydrogens is 537 g/mol. The van der Waals surface area contributed by atoms with Crippen LogP contribution in [0.3, 0.4) is 0 Å². The van der Waals surface area contributed by atoms with Crippen molar-refractivity contribution in [3.63, 3.8) is 0 Å². The molecule has 0 aliphatic heterocycles. The Labute approximate surface area is 270 Å². The van der Waals surface area contributed by atoms with Gasteiger partial charge in [0.25, 0.3) is 0 Å². The van der Waals surface area contributed by atoms with Crippen LogP contribution in [-0.4, -0.2) is 22.3 Å². The van der Waals surface area contributed by atoms with Crippen molar-refractivity contribution in [1.82, 2.24) is 4.90 Å². The molecule has 2 N–H and O–H groups in total. The highest BCUT2D eigenvalue weighted by Crippen LogP contribution is 2.16. The fourth-order valence-electron chi connectivity index (χ4n) is 6.07. The lowest BCUT2D eigenvalue weighted by molar-refractivity contribution is 0.394. The molecular formula is C37H76N2S2. The fraction of sp³-hybridized carbons (Fsp3) is 0.973. The van der Waals surface area contributed by atoms with Gasteiger partial charge in [0.05, 0.1) is 0 Å². The molecule has 0 aromatic heterocycles. The van der Waals surface area contributed by atoms with E-state index >= 15 is 0 Å². The van der Waals surface area contributed by atoms with Gasteiger partial charge in [0.15, 0.2) is 4.32 Å². The summed E-state index contributed by atoms with van der Waals surface area (Å²) in [5, 5.41) is 5.83. The van der Waals surface area contributed by atoms with Crippen LogP contribution >= 0.6 is 24.2 Å². The van der Waals surface area contributed by atoms with Gasteiger partial charge in [-0.3, -0.25) is 5.14 Å². The Morgan fingerprint density at radius 2 is 0.585 bits per heavy atom. The Balaban J connectivity index is 3.48. The summed E-state index contributed by atoms with van der Waals surface area (Å²) in [6, 6.07) is 0. The Hall–Kier alpha value is 0.200. The van der Waals surface area contributed by atoms with Crippen molar-refractivity contribution >= 4 is 28.5 Å². The highest BCUT2D eigenvalue weighted by molar-refractivity contribution is 8.21. The van der Waals surface area contributed by atoms with E-state index in [1.54, 1.807) is 0 Å². The van der Waals surface area contributed by atoms with Crippen LogP contribution in [-0.2, 0) is 0 Å². The molecule has 0 aromatic rings. The lowest BCUT2D eigenvalue weighted by atomic mass is 10.0. The van der Waals surface area contributed by atoms with Gasteiger partial charge in [-0.05, 0) is 24.8 Å². The van der Waals surface area contributed by atoms with E-state index in [1.165, 1.54) is 217 Å². The molecule has 0 aliphatic carbocycles. The minimum Gasteiger partial charge on any atom is -0.357 e. The van der Waals surface area contributed by atoms with E-state index in [1.807, 2.05) is 0 Å². The highest BCUT2D eigenvalue weighted by Gasteiger charge is 2.08. The van der Waals surface area contributed by atoms with E-state index in [4.69, 9.17) is 17.4 Å². The molecule has 0 bridgehead atoms. The number of nitrogens with zero attached hydrogens (tertiary/aromatic N) is 1. The first-order chi connectivity index (χ1) is 20.3. The third-order valence-electron chi connectivity index (χ3n) is 8.92. The van der Waals surface area contributed by atoms with E-state index in [0.717, 1.165) is 17.4 Å². The van der Waals surface area contributed by atoms with Crippen molar-refractivity contribution in [2.45, 2.75) is 219 Å². The number of thiocarbonyl (C=S) groups is 1. The van der Waals surface area contributed by atoms with Crippen LogP contribution in [0.1, 0.15) is 219 Å². The zero-order valence-corrected chi connectivity index (χ0v) is 30.0. The van der Waals surface area contributed by atoms with E-state index < -0.39 is 0 Å². The summed E-state index contributed by atoms with van der Waals surface area (Å²) in [4.78, 5) is 2.38. The summed E-state index contributed by atoms with van der Waals surface area (Å²) in [5.41, 5.74) is 0. The first kappa shape index (κ1) is 41.2. The summed E-state index contributed by atoms with van der Waals surface area (Å²) in [6.07, 6.45) is 45.4. The number of hydrogen-bond donors (Lipinski definition) is 1. The van der Waals surface area contributed by atoms with Gasteiger partial charge in [-0.1, -0.05) is 219 Å². The molecule has 0 aromatic carbocycles. The van der Waals surface area contributed by atoms with Gasteiger partial charge in [-0.2, -0.15) is 0 Å². The third-order valence-corrected chi connectivity index (χ3v) is 9.93. The van der Waals surface area contributed by atoms with Gasteiger partial charge < -0.3 is 4.90 Å². The average Bonchev–Trinajstić information content (AvgIpc) is 2.99. The van der Waals surface area contributed by atoms with Crippen LogP contribution in [0.25, 0.3) is 0 Å². The molecule has 0 amide bonds. The predicted molar refractivity (Wildman–Crippen MR) is 195 cm³/mol. The Bertz CT molecular complexity index is 463. The molecule has 0 atom stereocenters. The van der Waals surface area contributed by atoms with Gasteiger partial charge in [0, 0.05) is 13.1 Å². The number of unbranched alkanes of at least 4 members (excludes halogenated alkanes) is 30. The van der Waals surface area contributed by atoms with Gasteiger partial charge >= 0.3 is 0 Å². The second-order valence-electron chi connectivity index (χ2n) is 13.0. The third kappa shape index (κ3) is 32.9. The summed E-state index contributed by atoms with van der Waals surface area (Å²) < 4.78 is 0.895. The molecule has 0 aliphatic rings. The zero-order chi connectivity index (χ0) is 29.9. The standard InChI is InChI=1S/C37H76N2S2/c1-3-5-7-9-11-13-15-17-19-21-23-25-27-29-31-33-35-39(37(40)41-38)36-34-32-30-28-26-24-22-20-18-16-14-12-10-8-6-4-2/h3-36,38H2,1-2H3. The van der Waals surface area contributed by atoms with Crippen LogP contribution in [0.15, 0.2) is 0 Å². The lowest BCUT2D eigenvalue weighted by Gasteiger charge is -2.23. The zero-order valence-electron chi connectivity index (χ0n) is 28.4. The normalized spacial score (nSPS) is 11.4. The molecule has 0 unspecified atom stereocenters. The minimum absolute atomic E-state index is 0.895. The topological polar surface area (TPSA) is 29.3 Å². The van der Waals surface area contributed by atoms with Crippen molar-refractivity contribution in [3.8, 4) is 0 Å². The van der Waals surface area contributed by atoms with Crippen LogP contribution in [0.2, 0.25) is 0 Å². The Morgan fingerprint density at radius 1 is 0.390 bits per heavy atom. The molecule has 246 valence electrons. The Morgan fingerprint density at radius 3 is 0.780 bits per heavy atom. The quantitative estimate of drug-likeness (QED) is 0.0444. The van der Waals surface area contributed by atoms with Crippen molar-refractivity contribution in [2.75, 3.05) is 13.1 Å². The molecule has 0 heterocycles. The van der Waals surface area contributed by atoms with Crippen molar-refractivity contribution in [2.24, 2.45) is 5.14 Å². The molecule has 0 spiro atoms. The van der Waals surface area contributed by atoms with Crippen molar-refractivity contribution in [1.29, 1.82) is 0 Å². The maximum absolute atomic E-state index is 5.83. The molecule has 41 heavy (non-hydrogen) atoms.